The molecule has 0 aromatic carbocycles. The molecular formula is C18H40FNO4Si2. The van der Waals surface area contributed by atoms with Gasteiger partial charge < -0.3 is 18.8 Å². The lowest BCUT2D eigenvalue weighted by molar-refractivity contribution is -0.127. The maximum absolute atomic E-state index is 14.7. The summed E-state index contributed by atoms with van der Waals surface area (Å²) in [5, 5.41) is 11.5. The number of hydrogen-bond acceptors (Lipinski definition) is 5. The number of likely N-dealkylation sites (N-methyl/N-ethyl adjacent to an activating group) is 1. The third-order valence-corrected chi connectivity index (χ3v) is 15.2. The second-order valence-electron chi connectivity index (χ2n) is 10.5. The standard InChI is InChI=1S/C18H40FNO4Si2/c1-17(2,3)25(8,9)22-12-13-15(14(19)16(21)23-13)20(7)24-26(10,11)18(4,5)6/h13-16,21H,12H2,1-11H3/t13-,14+,15-,16?/m1/s1. The highest BCUT2D eigenvalue weighted by Gasteiger charge is 2.50. The van der Waals surface area contributed by atoms with Crippen LogP contribution in [0, 0.1) is 0 Å². The molecule has 1 N–H and O–H groups in total. The molecule has 0 aromatic heterocycles. The Hall–Kier alpha value is 0.164. The van der Waals surface area contributed by atoms with Crippen LogP contribution in [0.5, 0.6) is 0 Å². The molecule has 0 spiro atoms. The zero-order valence-electron chi connectivity index (χ0n) is 18.5. The summed E-state index contributed by atoms with van der Waals surface area (Å²) < 4.78 is 32.6. The fourth-order valence-electron chi connectivity index (χ4n) is 2.35. The van der Waals surface area contributed by atoms with Gasteiger partial charge >= 0.3 is 0 Å². The van der Waals surface area contributed by atoms with E-state index in [2.05, 4.69) is 67.7 Å². The van der Waals surface area contributed by atoms with Crippen LogP contribution in [0.4, 0.5) is 4.39 Å². The highest BCUT2D eigenvalue weighted by molar-refractivity contribution is 6.74. The van der Waals surface area contributed by atoms with Gasteiger partial charge in [0.2, 0.25) is 8.32 Å². The van der Waals surface area contributed by atoms with E-state index in [0.717, 1.165) is 0 Å². The minimum Gasteiger partial charge on any atom is -0.414 e. The average molecular weight is 410 g/mol. The van der Waals surface area contributed by atoms with Crippen LogP contribution in [-0.2, 0) is 13.7 Å². The van der Waals surface area contributed by atoms with Gasteiger partial charge in [0.05, 0.1) is 12.6 Å². The smallest absolute Gasteiger partial charge is 0.220 e. The third kappa shape index (κ3) is 5.36. The SMILES string of the molecule is CN(O[Si](C)(C)C(C)(C)C)[C@H]1[C@H](F)C(O)O[C@@H]1CO[Si](C)(C)C(C)(C)C. The quantitative estimate of drug-likeness (QED) is 0.523. The first kappa shape index (κ1) is 24.2. The summed E-state index contributed by atoms with van der Waals surface area (Å²) in [5.74, 6) is 0. The van der Waals surface area contributed by atoms with Crippen molar-refractivity contribution in [2.45, 2.75) is 102 Å². The summed E-state index contributed by atoms with van der Waals surface area (Å²) in [4.78, 5) is 0. The third-order valence-electron chi connectivity index (χ3n) is 6.31. The maximum Gasteiger partial charge on any atom is 0.220 e. The van der Waals surface area contributed by atoms with E-state index in [1.165, 1.54) is 0 Å². The zero-order valence-corrected chi connectivity index (χ0v) is 20.5. The van der Waals surface area contributed by atoms with Gasteiger partial charge in [0.1, 0.15) is 6.10 Å². The minimum absolute atomic E-state index is 0.00170. The second-order valence-corrected chi connectivity index (χ2v) is 20.0. The van der Waals surface area contributed by atoms with Crippen molar-refractivity contribution in [3.63, 3.8) is 0 Å². The van der Waals surface area contributed by atoms with Crippen molar-refractivity contribution >= 4 is 16.6 Å². The summed E-state index contributed by atoms with van der Waals surface area (Å²) in [5.41, 5.74) is 0. The van der Waals surface area contributed by atoms with Crippen molar-refractivity contribution in [1.82, 2.24) is 5.06 Å². The molecule has 4 atom stereocenters. The first-order chi connectivity index (χ1) is 11.4. The fourth-order valence-corrected chi connectivity index (χ4v) is 4.48. The van der Waals surface area contributed by atoms with Gasteiger partial charge in [-0.2, -0.15) is 5.06 Å². The molecule has 0 radical (unpaired) electrons. The molecule has 1 fully saturated rings. The van der Waals surface area contributed by atoms with E-state index in [1.807, 2.05) is 0 Å². The van der Waals surface area contributed by atoms with E-state index >= 15 is 0 Å². The number of ether oxygens (including phenoxy) is 1. The molecule has 1 rings (SSSR count). The summed E-state index contributed by atoms with van der Waals surface area (Å²) in [6.45, 7) is 21.7. The number of hydrogen-bond donors (Lipinski definition) is 1. The van der Waals surface area contributed by atoms with Gasteiger partial charge in [-0.3, -0.25) is 0 Å². The molecule has 1 aliphatic rings. The van der Waals surface area contributed by atoms with Crippen LogP contribution in [-0.4, -0.2) is 65.1 Å². The van der Waals surface area contributed by atoms with E-state index in [4.69, 9.17) is 13.7 Å². The highest BCUT2D eigenvalue weighted by atomic mass is 28.4. The van der Waals surface area contributed by atoms with E-state index in [-0.39, 0.29) is 16.7 Å². The van der Waals surface area contributed by atoms with Gasteiger partial charge in [-0.1, -0.05) is 41.5 Å². The summed E-state index contributed by atoms with van der Waals surface area (Å²) in [7, 11) is -2.37. The normalized spacial score (nSPS) is 28.8. The molecule has 0 saturated carbocycles. The van der Waals surface area contributed by atoms with Gasteiger partial charge in [0, 0.05) is 7.05 Å². The van der Waals surface area contributed by atoms with Crippen LogP contribution in [0.2, 0.25) is 36.3 Å². The topological polar surface area (TPSA) is 51.2 Å². The second kappa shape index (κ2) is 7.89. The van der Waals surface area contributed by atoms with E-state index in [1.54, 1.807) is 12.1 Å². The maximum atomic E-state index is 14.7. The molecule has 1 saturated heterocycles. The van der Waals surface area contributed by atoms with Gasteiger partial charge in [-0.05, 0) is 36.3 Å². The van der Waals surface area contributed by atoms with Crippen LogP contribution in [0.15, 0.2) is 0 Å². The van der Waals surface area contributed by atoms with Crippen LogP contribution >= 0.6 is 0 Å². The Bertz CT molecular complexity index is 477. The van der Waals surface area contributed by atoms with Gasteiger partial charge in [0.25, 0.3) is 0 Å². The first-order valence-corrected chi connectivity index (χ1v) is 15.3. The van der Waals surface area contributed by atoms with Crippen LogP contribution in [0.1, 0.15) is 41.5 Å². The Balaban J connectivity index is 2.89. The Morgan fingerprint density at radius 2 is 1.46 bits per heavy atom. The summed E-state index contributed by atoms with van der Waals surface area (Å²) in [6.07, 6.45) is -3.54. The minimum atomic E-state index is -2.12. The van der Waals surface area contributed by atoms with Crippen LogP contribution < -0.4 is 0 Å². The largest absolute Gasteiger partial charge is 0.414 e. The van der Waals surface area contributed by atoms with E-state index in [9.17, 15) is 9.50 Å². The number of alkyl halides is 1. The molecule has 0 bridgehead atoms. The predicted molar refractivity (Wildman–Crippen MR) is 109 cm³/mol. The zero-order chi connectivity index (χ0) is 20.7. The van der Waals surface area contributed by atoms with Gasteiger partial charge in [0.15, 0.2) is 20.8 Å². The van der Waals surface area contributed by atoms with Crippen LogP contribution in [0.3, 0.4) is 0 Å². The van der Waals surface area contributed by atoms with Gasteiger partial charge in [-0.25, -0.2) is 4.39 Å². The van der Waals surface area contributed by atoms with Crippen molar-refractivity contribution < 1.29 is 23.2 Å². The molecule has 1 unspecified atom stereocenters. The van der Waals surface area contributed by atoms with Crippen molar-refractivity contribution in [1.29, 1.82) is 0 Å². The molecule has 0 amide bonds. The molecule has 0 aromatic rings. The molecule has 156 valence electrons. The summed E-state index contributed by atoms with van der Waals surface area (Å²) in [6, 6.07) is -0.691. The van der Waals surface area contributed by atoms with Crippen molar-refractivity contribution in [3.05, 3.63) is 0 Å². The number of halogens is 1. The lowest BCUT2D eigenvalue weighted by Gasteiger charge is -2.42. The first-order valence-electron chi connectivity index (χ1n) is 9.44. The molecule has 26 heavy (non-hydrogen) atoms. The van der Waals surface area contributed by atoms with Crippen molar-refractivity contribution in [2.75, 3.05) is 13.7 Å². The van der Waals surface area contributed by atoms with Crippen molar-refractivity contribution in [2.24, 2.45) is 0 Å². The Morgan fingerprint density at radius 3 is 1.88 bits per heavy atom. The Kier molecular flexibility index (Phi) is 7.34. The molecule has 5 nitrogen and oxygen atoms in total. The number of rotatable bonds is 6. The van der Waals surface area contributed by atoms with Gasteiger partial charge in [-0.15, -0.1) is 0 Å². The number of aliphatic hydroxyl groups is 1. The molecule has 0 aliphatic carbocycles. The monoisotopic (exact) mass is 409 g/mol. The average Bonchev–Trinajstić information content (AvgIpc) is 2.69. The highest BCUT2D eigenvalue weighted by Crippen LogP contribution is 2.40. The molecule has 1 heterocycles. The lowest BCUT2D eigenvalue weighted by atomic mass is 10.1. The number of nitrogens with zero attached hydrogens (tertiary/aromatic N) is 1. The van der Waals surface area contributed by atoms with Crippen LogP contribution in [0.25, 0.3) is 0 Å². The lowest BCUT2D eigenvalue weighted by Crippen LogP contribution is -2.54. The predicted octanol–water partition coefficient (Wildman–Crippen LogP) is 4.30. The number of hydroxylamine groups is 2. The molecular weight excluding hydrogens is 369 g/mol. The number of aliphatic hydroxyl groups excluding tert-OH is 1. The Morgan fingerprint density at radius 1 is 1.00 bits per heavy atom. The Labute approximate surface area is 161 Å². The van der Waals surface area contributed by atoms with E-state index < -0.39 is 41.2 Å². The summed E-state index contributed by atoms with van der Waals surface area (Å²) >= 11 is 0. The molecule has 8 heteroatoms. The van der Waals surface area contributed by atoms with Crippen molar-refractivity contribution in [3.8, 4) is 0 Å². The fraction of sp³-hybridized carbons (Fsp3) is 1.00. The molecule has 1 aliphatic heterocycles. The van der Waals surface area contributed by atoms with E-state index in [0.29, 0.717) is 0 Å².